The van der Waals surface area contributed by atoms with Gasteiger partial charge in [-0.25, -0.2) is 0 Å². The molecule has 3 fully saturated rings. The molecule has 168 valence electrons. The van der Waals surface area contributed by atoms with Gasteiger partial charge in [0.15, 0.2) is 0 Å². The van der Waals surface area contributed by atoms with E-state index in [1.807, 2.05) is 23.1 Å². The van der Waals surface area contributed by atoms with Crippen LogP contribution in [-0.4, -0.2) is 67.0 Å². The molecule has 0 spiro atoms. The first-order valence-electron chi connectivity index (χ1n) is 11.3. The van der Waals surface area contributed by atoms with Crippen LogP contribution in [0.15, 0.2) is 24.3 Å². The molecule has 1 aliphatic carbocycles. The Hall–Kier alpha value is -2.41. The molecular formula is C24H32N2O5. The van der Waals surface area contributed by atoms with E-state index in [4.69, 9.17) is 9.47 Å². The Morgan fingerprint density at radius 2 is 1.81 bits per heavy atom. The van der Waals surface area contributed by atoms with Gasteiger partial charge in [-0.2, -0.15) is 0 Å². The highest BCUT2D eigenvalue weighted by atomic mass is 16.5. The summed E-state index contributed by atoms with van der Waals surface area (Å²) in [7, 11) is 3.27. The minimum atomic E-state index is -1.16. The van der Waals surface area contributed by atoms with Crippen molar-refractivity contribution in [3.63, 3.8) is 0 Å². The third-order valence-corrected chi connectivity index (χ3v) is 7.24. The Bertz CT molecular complexity index is 842. The smallest absolute Gasteiger partial charge is 0.241 e. The van der Waals surface area contributed by atoms with Gasteiger partial charge in [0.05, 0.1) is 18.6 Å². The average molecular weight is 429 g/mol. The van der Waals surface area contributed by atoms with Crippen molar-refractivity contribution in [1.29, 1.82) is 0 Å². The van der Waals surface area contributed by atoms with Crippen molar-refractivity contribution in [1.82, 2.24) is 9.80 Å². The highest BCUT2D eigenvalue weighted by Crippen LogP contribution is 2.44. The van der Waals surface area contributed by atoms with E-state index in [-0.39, 0.29) is 42.7 Å². The molecule has 0 radical (unpaired) electrons. The molecule has 0 N–H and O–H groups in total. The molecule has 31 heavy (non-hydrogen) atoms. The van der Waals surface area contributed by atoms with Crippen LogP contribution in [-0.2, 0) is 24.5 Å². The lowest BCUT2D eigenvalue weighted by molar-refractivity contribution is -0.145. The van der Waals surface area contributed by atoms with Gasteiger partial charge >= 0.3 is 0 Å². The number of imide groups is 1. The molecule has 1 saturated carbocycles. The first-order chi connectivity index (χ1) is 15.0. The number of carbonyl (C=O) groups is 3. The lowest BCUT2D eigenvalue weighted by Crippen LogP contribution is -2.47. The van der Waals surface area contributed by atoms with Crippen LogP contribution in [0.4, 0.5) is 0 Å². The zero-order chi connectivity index (χ0) is 22.0. The number of likely N-dealkylation sites (tertiary alicyclic amines) is 2. The SMILES string of the molecule is COc1cccc(C2(CC(=O)N3CCC(OC)CC3)CC(=O)N(C3CCCC3)C2=O)c1. The molecule has 1 atom stereocenters. The summed E-state index contributed by atoms with van der Waals surface area (Å²) in [6.45, 7) is 1.22. The first-order valence-corrected chi connectivity index (χ1v) is 11.3. The Kier molecular flexibility index (Phi) is 6.32. The van der Waals surface area contributed by atoms with E-state index in [0.29, 0.717) is 24.4 Å². The Morgan fingerprint density at radius 3 is 2.45 bits per heavy atom. The van der Waals surface area contributed by atoms with Crippen LogP contribution in [0.5, 0.6) is 5.75 Å². The molecule has 1 aromatic rings. The number of amides is 3. The first kappa shape index (κ1) is 21.8. The molecule has 0 bridgehead atoms. The lowest BCUT2D eigenvalue weighted by atomic mass is 9.75. The average Bonchev–Trinajstić information content (AvgIpc) is 3.40. The number of hydrogen-bond donors (Lipinski definition) is 0. The molecule has 2 aliphatic heterocycles. The zero-order valence-electron chi connectivity index (χ0n) is 18.5. The Morgan fingerprint density at radius 1 is 1.10 bits per heavy atom. The fourth-order valence-corrected chi connectivity index (χ4v) is 5.39. The molecule has 1 unspecified atom stereocenters. The van der Waals surface area contributed by atoms with E-state index < -0.39 is 5.41 Å². The van der Waals surface area contributed by atoms with Gasteiger partial charge in [-0.05, 0) is 43.4 Å². The number of ether oxygens (including phenoxy) is 2. The van der Waals surface area contributed by atoms with E-state index in [1.165, 1.54) is 4.90 Å². The molecule has 7 nitrogen and oxygen atoms in total. The highest BCUT2D eigenvalue weighted by Gasteiger charge is 2.56. The minimum absolute atomic E-state index is 0.00557. The summed E-state index contributed by atoms with van der Waals surface area (Å²) in [6.07, 6.45) is 5.55. The molecular weight excluding hydrogens is 396 g/mol. The van der Waals surface area contributed by atoms with Crippen molar-refractivity contribution in [2.24, 2.45) is 0 Å². The summed E-state index contributed by atoms with van der Waals surface area (Å²) in [6, 6.07) is 7.23. The van der Waals surface area contributed by atoms with Crippen molar-refractivity contribution in [3.8, 4) is 5.75 Å². The Labute approximate surface area is 183 Å². The maximum absolute atomic E-state index is 13.8. The normalized spacial score (nSPS) is 25.5. The lowest BCUT2D eigenvalue weighted by Gasteiger charge is -2.35. The summed E-state index contributed by atoms with van der Waals surface area (Å²) < 4.78 is 10.8. The number of nitrogens with zero attached hydrogens (tertiary/aromatic N) is 2. The maximum Gasteiger partial charge on any atom is 0.241 e. The summed E-state index contributed by atoms with van der Waals surface area (Å²) in [4.78, 5) is 43.5. The standard InChI is InChI=1S/C24H32N2O5/c1-30-19-10-12-25(13-11-19)21(27)15-24(17-6-5-9-20(14-17)31-2)16-22(28)26(23(24)29)18-7-3-4-8-18/h5-6,9,14,18-19H,3-4,7-8,10-13,15-16H2,1-2H3. The summed E-state index contributed by atoms with van der Waals surface area (Å²) in [5.74, 6) is 0.153. The number of methoxy groups -OCH3 is 2. The van der Waals surface area contributed by atoms with Crippen LogP contribution in [0.2, 0.25) is 0 Å². The number of rotatable bonds is 6. The van der Waals surface area contributed by atoms with Crippen LogP contribution >= 0.6 is 0 Å². The molecule has 2 heterocycles. The van der Waals surface area contributed by atoms with Gasteiger partial charge in [0, 0.05) is 39.1 Å². The topological polar surface area (TPSA) is 76.2 Å². The highest BCUT2D eigenvalue weighted by molar-refractivity contribution is 6.11. The molecule has 3 aliphatic rings. The van der Waals surface area contributed by atoms with E-state index in [0.717, 1.165) is 38.5 Å². The summed E-state index contributed by atoms with van der Waals surface area (Å²) >= 11 is 0. The minimum Gasteiger partial charge on any atom is -0.497 e. The van der Waals surface area contributed by atoms with E-state index in [1.54, 1.807) is 20.3 Å². The largest absolute Gasteiger partial charge is 0.497 e. The molecule has 7 heteroatoms. The Balaban J connectivity index is 1.64. The van der Waals surface area contributed by atoms with Crippen LogP contribution < -0.4 is 4.74 Å². The van der Waals surface area contributed by atoms with Gasteiger partial charge in [-0.3, -0.25) is 19.3 Å². The zero-order valence-corrected chi connectivity index (χ0v) is 18.5. The van der Waals surface area contributed by atoms with E-state index >= 15 is 0 Å². The second kappa shape index (κ2) is 8.99. The predicted molar refractivity (Wildman–Crippen MR) is 115 cm³/mol. The number of benzene rings is 1. The maximum atomic E-state index is 13.8. The summed E-state index contributed by atoms with van der Waals surface area (Å²) in [5.41, 5.74) is -0.477. The fraction of sp³-hybridized carbons (Fsp3) is 0.625. The number of piperidine rings is 1. The fourth-order valence-electron chi connectivity index (χ4n) is 5.39. The number of hydrogen-bond acceptors (Lipinski definition) is 5. The molecule has 1 aromatic carbocycles. The van der Waals surface area contributed by atoms with Crippen molar-refractivity contribution < 1.29 is 23.9 Å². The van der Waals surface area contributed by atoms with Gasteiger partial charge in [-0.15, -0.1) is 0 Å². The van der Waals surface area contributed by atoms with Gasteiger partial charge in [0.2, 0.25) is 17.7 Å². The molecule has 3 amide bonds. The number of carbonyl (C=O) groups excluding carboxylic acids is 3. The summed E-state index contributed by atoms with van der Waals surface area (Å²) in [5, 5.41) is 0. The van der Waals surface area contributed by atoms with Gasteiger partial charge in [0.1, 0.15) is 5.75 Å². The predicted octanol–water partition coefficient (Wildman–Crippen LogP) is 2.66. The van der Waals surface area contributed by atoms with Gasteiger partial charge < -0.3 is 14.4 Å². The molecule has 4 rings (SSSR count). The van der Waals surface area contributed by atoms with Crippen LogP contribution in [0.3, 0.4) is 0 Å². The van der Waals surface area contributed by atoms with Crippen LogP contribution in [0.1, 0.15) is 56.9 Å². The van der Waals surface area contributed by atoms with Crippen molar-refractivity contribution in [3.05, 3.63) is 29.8 Å². The van der Waals surface area contributed by atoms with Gasteiger partial charge in [-0.1, -0.05) is 25.0 Å². The van der Waals surface area contributed by atoms with E-state index in [9.17, 15) is 14.4 Å². The van der Waals surface area contributed by atoms with Crippen LogP contribution in [0.25, 0.3) is 0 Å². The van der Waals surface area contributed by atoms with Crippen LogP contribution in [0, 0.1) is 0 Å². The second-order valence-electron chi connectivity index (χ2n) is 8.99. The van der Waals surface area contributed by atoms with Crippen molar-refractivity contribution in [2.45, 2.75) is 68.9 Å². The third kappa shape index (κ3) is 4.07. The van der Waals surface area contributed by atoms with Crippen molar-refractivity contribution >= 4 is 17.7 Å². The quantitative estimate of drug-likeness (QED) is 0.651. The molecule has 2 saturated heterocycles. The molecule has 0 aromatic heterocycles. The third-order valence-electron chi connectivity index (χ3n) is 7.24. The van der Waals surface area contributed by atoms with Crippen molar-refractivity contribution in [2.75, 3.05) is 27.3 Å². The monoisotopic (exact) mass is 428 g/mol. The van der Waals surface area contributed by atoms with Gasteiger partial charge in [0.25, 0.3) is 0 Å². The second-order valence-corrected chi connectivity index (χ2v) is 8.99. The van der Waals surface area contributed by atoms with E-state index in [2.05, 4.69) is 0 Å².